The molecule has 8 aliphatic rings. The summed E-state index contributed by atoms with van der Waals surface area (Å²) in [5.41, 5.74) is -5.85. The van der Waals surface area contributed by atoms with Crippen molar-refractivity contribution in [3.8, 4) is 0 Å². The largest absolute Gasteiger partial charge is 0.472 e. The van der Waals surface area contributed by atoms with Gasteiger partial charge in [-0.3, -0.25) is 4.79 Å². The van der Waals surface area contributed by atoms with E-state index in [0.29, 0.717) is 12.0 Å². The molecule has 0 amide bonds. The molecule has 5 heterocycles. The molecule has 7 fully saturated rings. The Morgan fingerprint density at radius 1 is 1.02 bits per heavy atom. The number of methoxy groups -OCH3 is 2. The minimum absolute atomic E-state index is 0.000171. The first-order valence-corrected chi connectivity index (χ1v) is 16.1. The van der Waals surface area contributed by atoms with E-state index in [1.54, 1.807) is 26.2 Å². The SMILES string of the molecule is C/C=C(\C)C(=O)OC1CC(O)C23COC(C(=O)OC)C2C(C)(C24OC2(C)C2CC4OC4OC=CC42)C(O)C2OCC1(C(=O)OC)C23. The number of carbonyl (C=O) groups is 3. The Morgan fingerprint density at radius 3 is 2.48 bits per heavy atom. The predicted molar refractivity (Wildman–Crippen MR) is 152 cm³/mol. The summed E-state index contributed by atoms with van der Waals surface area (Å²) < 4.78 is 48.5. The molecule has 8 rings (SSSR count). The van der Waals surface area contributed by atoms with Crippen molar-refractivity contribution in [2.75, 3.05) is 27.4 Å². The summed E-state index contributed by atoms with van der Waals surface area (Å²) in [5, 5.41) is 25.1. The summed E-state index contributed by atoms with van der Waals surface area (Å²) in [6.07, 6.45) is -1.29. The molecule has 13 heteroatoms. The summed E-state index contributed by atoms with van der Waals surface area (Å²) in [6, 6.07) is 0. The van der Waals surface area contributed by atoms with Gasteiger partial charge in [0.05, 0.1) is 58.1 Å². The van der Waals surface area contributed by atoms with E-state index in [1.807, 2.05) is 19.9 Å². The molecule has 3 saturated carbocycles. The van der Waals surface area contributed by atoms with Crippen molar-refractivity contribution in [2.45, 2.75) is 94.7 Å². The number of epoxide rings is 1. The van der Waals surface area contributed by atoms with Gasteiger partial charge in [-0.2, -0.15) is 0 Å². The number of fused-ring (bicyclic) bond motifs is 7. The van der Waals surface area contributed by atoms with Gasteiger partial charge in [0.25, 0.3) is 0 Å². The van der Waals surface area contributed by atoms with Crippen LogP contribution in [-0.4, -0.2) is 110 Å². The zero-order chi connectivity index (χ0) is 32.8. The number of ether oxygens (including phenoxy) is 8. The van der Waals surface area contributed by atoms with E-state index in [2.05, 4.69) is 0 Å². The van der Waals surface area contributed by atoms with Crippen LogP contribution in [0.15, 0.2) is 24.0 Å². The van der Waals surface area contributed by atoms with Gasteiger partial charge in [-0.15, -0.1) is 0 Å². The Balaban J connectivity index is 1.31. The molecule has 2 bridgehead atoms. The zero-order valence-corrected chi connectivity index (χ0v) is 26.8. The van der Waals surface area contributed by atoms with E-state index in [-0.39, 0.29) is 31.5 Å². The van der Waals surface area contributed by atoms with Crippen molar-refractivity contribution in [3.63, 3.8) is 0 Å². The zero-order valence-electron chi connectivity index (χ0n) is 26.8. The van der Waals surface area contributed by atoms with Crippen LogP contribution >= 0.6 is 0 Å². The molecule has 46 heavy (non-hydrogen) atoms. The third-order valence-corrected chi connectivity index (χ3v) is 13.7. The Morgan fingerprint density at radius 2 is 1.78 bits per heavy atom. The van der Waals surface area contributed by atoms with Gasteiger partial charge in [0.2, 0.25) is 6.29 Å². The Hall–Kier alpha value is -2.55. The summed E-state index contributed by atoms with van der Waals surface area (Å²) >= 11 is 0. The van der Waals surface area contributed by atoms with Crippen LogP contribution in [0.25, 0.3) is 0 Å². The molecular formula is C33H42O13. The first-order valence-electron chi connectivity index (χ1n) is 16.1. The third-order valence-electron chi connectivity index (χ3n) is 13.7. The number of carbonyl (C=O) groups excluding carboxylic acids is 3. The van der Waals surface area contributed by atoms with Gasteiger partial charge in [-0.1, -0.05) is 13.0 Å². The fourth-order valence-electron chi connectivity index (χ4n) is 11.7. The number of allylic oxidation sites excluding steroid dienone is 1. The molecule has 16 unspecified atom stereocenters. The van der Waals surface area contributed by atoms with Gasteiger partial charge in [-0.25, -0.2) is 9.59 Å². The molecule has 3 aliphatic carbocycles. The number of aliphatic hydroxyl groups excluding tert-OH is 2. The highest BCUT2D eigenvalue weighted by Crippen LogP contribution is 2.81. The maximum atomic E-state index is 14.0. The first-order chi connectivity index (χ1) is 21.8. The topological polar surface area (TPSA) is 169 Å². The van der Waals surface area contributed by atoms with Crippen LogP contribution in [0.2, 0.25) is 0 Å². The molecule has 4 saturated heterocycles. The number of esters is 3. The van der Waals surface area contributed by atoms with Gasteiger partial charge in [0.1, 0.15) is 22.7 Å². The minimum atomic E-state index is -1.61. The lowest BCUT2D eigenvalue weighted by Crippen LogP contribution is -2.77. The lowest BCUT2D eigenvalue weighted by atomic mass is 9.38. The van der Waals surface area contributed by atoms with Crippen LogP contribution in [0.4, 0.5) is 0 Å². The van der Waals surface area contributed by atoms with Gasteiger partial charge in [-0.05, 0) is 33.3 Å². The van der Waals surface area contributed by atoms with Gasteiger partial charge in [0.15, 0.2) is 6.10 Å². The van der Waals surface area contributed by atoms with Gasteiger partial charge >= 0.3 is 17.9 Å². The van der Waals surface area contributed by atoms with Crippen molar-refractivity contribution in [3.05, 3.63) is 24.0 Å². The smallest absolute Gasteiger partial charge is 0.335 e. The summed E-state index contributed by atoms with van der Waals surface area (Å²) in [5.74, 6) is -3.96. The molecule has 0 aromatic carbocycles. The number of hydrogen-bond donors (Lipinski definition) is 2. The molecule has 0 aromatic heterocycles. The molecule has 0 radical (unpaired) electrons. The molecule has 1 spiro atoms. The Kier molecular flexibility index (Phi) is 6.38. The third kappa shape index (κ3) is 3.12. The van der Waals surface area contributed by atoms with E-state index < -0.39 is 100 Å². The second kappa shape index (κ2) is 9.54. The van der Waals surface area contributed by atoms with Gasteiger partial charge < -0.3 is 48.1 Å². The van der Waals surface area contributed by atoms with E-state index in [9.17, 15) is 24.6 Å². The quantitative estimate of drug-likeness (QED) is 0.186. The lowest BCUT2D eigenvalue weighted by Gasteiger charge is -2.65. The van der Waals surface area contributed by atoms with Crippen LogP contribution < -0.4 is 0 Å². The fourth-order valence-corrected chi connectivity index (χ4v) is 11.7. The van der Waals surface area contributed by atoms with E-state index >= 15 is 0 Å². The second-order valence-electron chi connectivity index (χ2n) is 14.8. The fraction of sp³-hybridized carbons (Fsp3) is 0.788. The second-order valence-corrected chi connectivity index (χ2v) is 14.8. The van der Waals surface area contributed by atoms with Crippen molar-refractivity contribution < 1.29 is 62.5 Å². The Bertz CT molecular complexity index is 1440. The minimum Gasteiger partial charge on any atom is -0.472 e. The number of hydrogen-bond acceptors (Lipinski definition) is 13. The van der Waals surface area contributed by atoms with E-state index in [1.165, 1.54) is 14.2 Å². The Labute approximate surface area is 266 Å². The number of rotatable bonds is 5. The van der Waals surface area contributed by atoms with Crippen LogP contribution in [-0.2, 0) is 52.3 Å². The predicted octanol–water partition coefficient (Wildman–Crippen LogP) is 0.791. The summed E-state index contributed by atoms with van der Waals surface area (Å²) in [4.78, 5) is 40.7. The highest BCUT2D eigenvalue weighted by molar-refractivity contribution is 5.88. The van der Waals surface area contributed by atoms with Crippen LogP contribution in [0, 0.1) is 39.9 Å². The lowest BCUT2D eigenvalue weighted by molar-refractivity contribution is -0.282. The van der Waals surface area contributed by atoms with Crippen LogP contribution in [0.5, 0.6) is 0 Å². The van der Waals surface area contributed by atoms with Crippen molar-refractivity contribution >= 4 is 17.9 Å². The molecule has 5 aliphatic heterocycles. The number of aliphatic hydroxyl groups is 2. The average Bonchev–Trinajstić information content (AvgIpc) is 3.53. The molecule has 2 N–H and O–H groups in total. The van der Waals surface area contributed by atoms with Crippen LogP contribution in [0.3, 0.4) is 0 Å². The molecule has 13 nitrogen and oxygen atoms in total. The van der Waals surface area contributed by atoms with E-state index in [0.717, 1.165) is 0 Å². The summed E-state index contributed by atoms with van der Waals surface area (Å²) in [6.45, 7) is 6.79. The summed E-state index contributed by atoms with van der Waals surface area (Å²) in [7, 11) is 2.50. The van der Waals surface area contributed by atoms with Crippen molar-refractivity contribution in [1.82, 2.24) is 0 Å². The molecule has 0 aromatic rings. The first kappa shape index (κ1) is 30.8. The highest BCUT2D eigenvalue weighted by Gasteiger charge is 2.94. The normalized spacial score (nSPS) is 55.4. The van der Waals surface area contributed by atoms with E-state index in [4.69, 9.17) is 37.9 Å². The monoisotopic (exact) mass is 646 g/mol. The van der Waals surface area contributed by atoms with Gasteiger partial charge in [0, 0.05) is 46.5 Å². The highest BCUT2D eigenvalue weighted by atomic mass is 16.7. The standard InChI is InChI=1S/C33H42O13/c1-7-14(2)25(36)44-18-11-17(34)31-12-43-21(26(37)39-5)22(31)29(3,24(35)20-23(31)32(18,13-42-20)28(38)40-6)33-19-10-16(30(33,4)46-33)15-8-9-41-27(15)45-19/h7-9,15-24,27,34-35H,10-13H2,1-6H3/b14-7+. The van der Waals surface area contributed by atoms with Crippen molar-refractivity contribution in [1.29, 1.82) is 0 Å². The molecule has 252 valence electrons. The molecule has 16 atom stereocenters. The maximum absolute atomic E-state index is 14.0. The van der Waals surface area contributed by atoms with Crippen LogP contribution in [0.1, 0.15) is 40.5 Å². The molecular weight excluding hydrogens is 604 g/mol. The average molecular weight is 647 g/mol. The maximum Gasteiger partial charge on any atom is 0.335 e. The van der Waals surface area contributed by atoms with Crippen molar-refractivity contribution in [2.24, 2.45) is 39.9 Å².